The van der Waals surface area contributed by atoms with Gasteiger partial charge in [0.25, 0.3) is 0 Å². The Bertz CT molecular complexity index is 1040. The van der Waals surface area contributed by atoms with Gasteiger partial charge in [0.15, 0.2) is 0 Å². The van der Waals surface area contributed by atoms with Crippen molar-refractivity contribution in [3.05, 3.63) is 78.8 Å². The Kier molecular flexibility index (Phi) is 3.41. The highest BCUT2D eigenvalue weighted by molar-refractivity contribution is 5.82. The fourth-order valence-electron chi connectivity index (χ4n) is 2.62. The van der Waals surface area contributed by atoms with Crippen LogP contribution in [-0.4, -0.2) is 14.5 Å². The Labute approximate surface area is 138 Å². The minimum absolute atomic E-state index is 0.507. The number of hydrogen-bond acceptors (Lipinski definition) is 4. The third kappa shape index (κ3) is 2.46. The SMILES string of the molecule is N#Cc1cccnc1Nc1ccc2c(c1)ncn2-c1ccccc1. The van der Waals surface area contributed by atoms with Crippen molar-refractivity contribution >= 4 is 22.5 Å². The fourth-order valence-corrected chi connectivity index (χ4v) is 2.62. The van der Waals surface area contributed by atoms with E-state index >= 15 is 0 Å². The first kappa shape index (κ1) is 14.0. The number of benzene rings is 2. The first-order valence-corrected chi connectivity index (χ1v) is 7.50. The van der Waals surface area contributed by atoms with E-state index < -0.39 is 0 Å². The molecule has 0 radical (unpaired) electrons. The number of anilines is 2. The number of nitriles is 1. The second-order valence-corrected chi connectivity index (χ2v) is 5.29. The quantitative estimate of drug-likeness (QED) is 0.620. The number of nitrogens with one attached hydrogen (secondary N) is 1. The van der Waals surface area contributed by atoms with Crippen LogP contribution in [0, 0.1) is 11.3 Å². The van der Waals surface area contributed by atoms with Crippen molar-refractivity contribution in [2.24, 2.45) is 0 Å². The molecule has 2 aromatic carbocycles. The van der Waals surface area contributed by atoms with Crippen LogP contribution in [-0.2, 0) is 0 Å². The highest BCUT2D eigenvalue weighted by Crippen LogP contribution is 2.24. The Morgan fingerprint density at radius 3 is 2.67 bits per heavy atom. The van der Waals surface area contributed by atoms with Crippen LogP contribution in [0.25, 0.3) is 16.7 Å². The molecule has 0 amide bonds. The summed E-state index contributed by atoms with van der Waals surface area (Å²) in [6.45, 7) is 0. The van der Waals surface area contributed by atoms with Crippen molar-refractivity contribution < 1.29 is 0 Å². The van der Waals surface area contributed by atoms with E-state index in [4.69, 9.17) is 5.26 Å². The minimum atomic E-state index is 0.507. The van der Waals surface area contributed by atoms with Crippen LogP contribution in [0.15, 0.2) is 73.2 Å². The van der Waals surface area contributed by atoms with Crippen molar-refractivity contribution in [2.75, 3.05) is 5.32 Å². The van der Waals surface area contributed by atoms with Gasteiger partial charge in [-0.3, -0.25) is 4.57 Å². The molecule has 0 bridgehead atoms. The molecule has 1 N–H and O–H groups in total. The molecule has 0 unspecified atom stereocenters. The van der Waals surface area contributed by atoms with Gasteiger partial charge in [0, 0.05) is 17.6 Å². The van der Waals surface area contributed by atoms with Crippen molar-refractivity contribution in [2.45, 2.75) is 0 Å². The predicted octanol–water partition coefficient (Wildman–Crippen LogP) is 4.04. The van der Waals surface area contributed by atoms with Gasteiger partial charge in [0.05, 0.1) is 16.6 Å². The van der Waals surface area contributed by atoms with Gasteiger partial charge < -0.3 is 5.32 Å². The maximum atomic E-state index is 9.15. The number of aromatic nitrogens is 3. The summed E-state index contributed by atoms with van der Waals surface area (Å²) in [5, 5.41) is 12.3. The fraction of sp³-hybridized carbons (Fsp3) is 0. The first-order valence-electron chi connectivity index (χ1n) is 7.50. The Morgan fingerprint density at radius 2 is 1.83 bits per heavy atom. The average Bonchev–Trinajstić information content (AvgIpc) is 3.06. The van der Waals surface area contributed by atoms with Gasteiger partial charge in [0.2, 0.25) is 0 Å². The number of imidazole rings is 1. The van der Waals surface area contributed by atoms with Crippen LogP contribution in [0.4, 0.5) is 11.5 Å². The van der Waals surface area contributed by atoms with E-state index in [1.807, 2.05) is 59.4 Å². The molecule has 4 rings (SSSR count). The summed E-state index contributed by atoms with van der Waals surface area (Å²) in [4.78, 5) is 8.70. The third-order valence-electron chi connectivity index (χ3n) is 3.77. The monoisotopic (exact) mass is 311 g/mol. The van der Waals surface area contributed by atoms with Crippen molar-refractivity contribution in [1.29, 1.82) is 5.26 Å². The number of pyridine rings is 1. The highest BCUT2D eigenvalue weighted by atomic mass is 15.1. The van der Waals surface area contributed by atoms with Gasteiger partial charge in [-0.15, -0.1) is 0 Å². The smallest absolute Gasteiger partial charge is 0.148 e. The van der Waals surface area contributed by atoms with E-state index in [9.17, 15) is 0 Å². The molecule has 2 aromatic heterocycles. The maximum Gasteiger partial charge on any atom is 0.148 e. The second kappa shape index (κ2) is 5.86. The van der Waals surface area contributed by atoms with Crippen LogP contribution in [0.5, 0.6) is 0 Å². The molecule has 0 saturated heterocycles. The summed E-state index contributed by atoms with van der Waals surface area (Å²) in [6, 6.07) is 21.6. The molecule has 4 aromatic rings. The van der Waals surface area contributed by atoms with Crippen molar-refractivity contribution in [3.63, 3.8) is 0 Å². The van der Waals surface area contributed by atoms with E-state index in [0.29, 0.717) is 11.4 Å². The minimum Gasteiger partial charge on any atom is -0.339 e. The number of hydrogen-bond donors (Lipinski definition) is 1. The summed E-state index contributed by atoms with van der Waals surface area (Å²) in [5.41, 5.74) is 4.31. The summed E-state index contributed by atoms with van der Waals surface area (Å²) < 4.78 is 2.04. The van der Waals surface area contributed by atoms with Gasteiger partial charge in [-0.1, -0.05) is 18.2 Å². The number of fused-ring (bicyclic) bond motifs is 1. The molecule has 5 nitrogen and oxygen atoms in total. The molecule has 0 aliphatic carbocycles. The summed E-state index contributed by atoms with van der Waals surface area (Å²) in [5.74, 6) is 0.543. The Hall–Kier alpha value is -3.65. The third-order valence-corrected chi connectivity index (χ3v) is 3.77. The average molecular weight is 311 g/mol. The predicted molar refractivity (Wildman–Crippen MR) is 93.3 cm³/mol. The molecule has 0 aliphatic heterocycles. The zero-order chi connectivity index (χ0) is 16.4. The maximum absolute atomic E-state index is 9.15. The zero-order valence-electron chi connectivity index (χ0n) is 12.7. The number of nitrogens with zero attached hydrogens (tertiary/aromatic N) is 4. The molecule has 0 saturated carbocycles. The van der Waals surface area contributed by atoms with Gasteiger partial charge >= 0.3 is 0 Å². The molecule has 0 atom stereocenters. The second-order valence-electron chi connectivity index (χ2n) is 5.29. The van der Waals surface area contributed by atoms with E-state index in [2.05, 4.69) is 21.4 Å². The molecule has 0 aliphatic rings. The summed E-state index contributed by atoms with van der Waals surface area (Å²) in [7, 11) is 0. The van der Waals surface area contributed by atoms with Crippen LogP contribution < -0.4 is 5.32 Å². The summed E-state index contributed by atoms with van der Waals surface area (Å²) >= 11 is 0. The largest absolute Gasteiger partial charge is 0.339 e. The zero-order valence-corrected chi connectivity index (χ0v) is 12.7. The van der Waals surface area contributed by atoms with Crippen LogP contribution in [0.2, 0.25) is 0 Å². The lowest BCUT2D eigenvalue weighted by atomic mass is 10.2. The van der Waals surface area contributed by atoms with E-state index in [1.54, 1.807) is 18.3 Å². The van der Waals surface area contributed by atoms with E-state index in [0.717, 1.165) is 22.4 Å². The highest BCUT2D eigenvalue weighted by Gasteiger charge is 2.07. The van der Waals surface area contributed by atoms with Crippen molar-refractivity contribution in [1.82, 2.24) is 14.5 Å². The number of para-hydroxylation sites is 1. The van der Waals surface area contributed by atoms with E-state index in [1.165, 1.54) is 0 Å². The molecule has 2 heterocycles. The van der Waals surface area contributed by atoms with Gasteiger partial charge in [0.1, 0.15) is 18.2 Å². The molecule has 0 fully saturated rings. The lowest BCUT2D eigenvalue weighted by Crippen LogP contribution is -1.96. The van der Waals surface area contributed by atoms with Crippen LogP contribution in [0.1, 0.15) is 5.56 Å². The molecular formula is C19H13N5. The number of rotatable bonds is 3. The molecule has 114 valence electrons. The summed E-state index contributed by atoms with van der Waals surface area (Å²) in [6.07, 6.45) is 3.47. The molecular weight excluding hydrogens is 298 g/mol. The lowest BCUT2D eigenvalue weighted by molar-refractivity contribution is 1.09. The first-order chi connectivity index (χ1) is 11.8. The normalized spacial score (nSPS) is 10.5. The molecule has 24 heavy (non-hydrogen) atoms. The lowest BCUT2D eigenvalue weighted by Gasteiger charge is -2.08. The van der Waals surface area contributed by atoms with Crippen molar-refractivity contribution in [3.8, 4) is 11.8 Å². The van der Waals surface area contributed by atoms with Gasteiger partial charge in [-0.05, 0) is 42.5 Å². The van der Waals surface area contributed by atoms with Crippen LogP contribution >= 0.6 is 0 Å². The van der Waals surface area contributed by atoms with Gasteiger partial charge in [-0.25, -0.2) is 9.97 Å². The standard InChI is InChI=1S/C19H13N5/c20-12-14-5-4-10-21-19(14)23-15-8-9-18-17(11-15)22-13-24(18)16-6-2-1-3-7-16/h1-11,13H,(H,21,23). The molecule has 0 spiro atoms. The molecule has 5 heteroatoms. The van der Waals surface area contributed by atoms with Crippen LogP contribution in [0.3, 0.4) is 0 Å². The Balaban J connectivity index is 1.72. The van der Waals surface area contributed by atoms with Gasteiger partial charge in [-0.2, -0.15) is 5.26 Å². The van der Waals surface area contributed by atoms with E-state index in [-0.39, 0.29) is 0 Å². The topological polar surface area (TPSA) is 66.5 Å². The Morgan fingerprint density at radius 1 is 0.958 bits per heavy atom.